The molecule has 0 aliphatic rings. The fourth-order valence-corrected chi connectivity index (χ4v) is 2.95. The average Bonchev–Trinajstić information content (AvgIpc) is 2.76. The average molecular weight is 393 g/mol. The molecule has 2 N–H and O–H groups in total. The van der Waals surface area contributed by atoms with Crippen LogP contribution < -0.4 is 24.7 Å². The number of carbonyl (C=O) groups excluding carboxylic acids is 1. The zero-order valence-corrected chi connectivity index (χ0v) is 16.6. The maximum Gasteiger partial charge on any atom is 0.203 e. The minimum absolute atomic E-state index is 0.253. The van der Waals surface area contributed by atoms with Crippen molar-refractivity contribution >= 4 is 11.5 Å². The summed E-state index contributed by atoms with van der Waals surface area (Å²) in [5.41, 5.74) is 8.26. The van der Waals surface area contributed by atoms with Crippen molar-refractivity contribution in [2.75, 3.05) is 27.1 Å². The van der Waals surface area contributed by atoms with E-state index in [1.54, 1.807) is 30.3 Å². The molecule has 0 spiro atoms. The maximum atomic E-state index is 13.0. The molecule has 0 fully saturated rings. The van der Waals surface area contributed by atoms with Crippen LogP contribution in [0.4, 0.5) is 5.69 Å². The molecule has 0 aliphatic carbocycles. The van der Waals surface area contributed by atoms with Gasteiger partial charge in [-0.25, -0.2) is 0 Å². The second kappa shape index (κ2) is 9.01. The molecule has 6 heteroatoms. The first-order chi connectivity index (χ1) is 14.1. The van der Waals surface area contributed by atoms with Gasteiger partial charge in [0.05, 0.1) is 21.3 Å². The summed E-state index contributed by atoms with van der Waals surface area (Å²) in [5, 5.41) is 0. The van der Waals surface area contributed by atoms with Crippen molar-refractivity contribution in [1.82, 2.24) is 0 Å². The number of carbonyl (C=O) groups is 1. The van der Waals surface area contributed by atoms with E-state index in [4.69, 9.17) is 24.7 Å². The fourth-order valence-electron chi connectivity index (χ4n) is 2.95. The highest BCUT2D eigenvalue weighted by atomic mass is 16.5. The third-order valence-electron chi connectivity index (χ3n) is 4.44. The molecule has 150 valence electrons. The van der Waals surface area contributed by atoms with Gasteiger partial charge >= 0.3 is 0 Å². The summed E-state index contributed by atoms with van der Waals surface area (Å²) in [6.45, 7) is 0.417. The summed E-state index contributed by atoms with van der Waals surface area (Å²) in [6.07, 6.45) is 0. The second-order valence-electron chi connectivity index (χ2n) is 6.27. The molecule has 29 heavy (non-hydrogen) atoms. The Morgan fingerprint density at radius 3 is 2.07 bits per heavy atom. The smallest absolute Gasteiger partial charge is 0.203 e. The first kappa shape index (κ1) is 20.1. The van der Waals surface area contributed by atoms with Crippen molar-refractivity contribution in [1.29, 1.82) is 0 Å². The summed E-state index contributed by atoms with van der Waals surface area (Å²) >= 11 is 0. The lowest BCUT2D eigenvalue weighted by Crippen LogP contribution is -2.07. The van der Waals surface area contributed by atoms with E-state index in [1.807, 2.05) is 30.3 Å². The Balaban J connectivity index is 1.84. The van der Waals surface area contributed by atoms with E-state index in [1.165, 1.54) is 21.3 Å². The Labute approximate surface area is 169 Å². The van der Waals surface area contributed by atoms with Crippen LogP contribution in [0.3, 0.4) is 0 Å². The van der Waals surface area contributed by atoms with Gasteiger partial charge in [-0.05, 0) is 29.8 Å². The Bertz CT molecular complexity index is 976. The van der Waals surface area contributed by atoms with Gasteiger partial charge in [-0.15, -0.1) is 0 Å². The Morgan fingerprint density at radius 2 is 1.52 bits per heavy atom. The lowest BCUT2D eigenvalue weighted by molar-refractivity contribution is 0.103. The number of methoxy groups -OCH3 is 3. The van der Waals surface area contributed by atoms with Crippen molar-refractivity contribution in [2.45, 2.75) is 6.61 Å². The Morgan fingerprint density at radius 1 is 0.862 bits per heavy atom. The van der Waals surface area contributed by atoms with Gasteiger partial charge in [0.25, 0.3) is 0 Å². The SMILES string of the molecule is COc1cc(C(=O)c2ccc(OCc3ccccc3)cc2N)cc(OC)c1OC. The van der Waals surface area contributed by atoms with Crippen LogP contribution in [0.25, 0.3) is 0 Å². The third-order valence-corrected chi connectivity index (χ3v) is 4.44. The fraction of sp³-hybridized carbons (Fsp3) is 0.174. The largest absolute Gasteiger partial charge is 0.493 e. The molecule has 3 aromatic rings. The number of nitrogen functional groups attached to an aromatic ring is 1. The number of nitrogens with two attached hydrogens (primary N) is 1. The monoisotopic (exact) mass is 393 g/mol. The van der Waals surface area contributed by atoms with Gasteiger partial charge in [-0.1, -0.05) is 30.3 Å². The molecular formula is C23H23NO5. The molecule has 0 saturated heterocycles. The number of hydrogen-bond donors (Lipinski definition) is 1. The molecule has 0 heterocycles. The van der Waals surface area contributed by atoms with Crippen LogP contribution in [0, 0.1) is 0 Å². The van der Waals surface area contributed by atoms with Crippen molar-refractivity contribution < 1.29 is 23.7 Å². The van der Waals surface area contributed by atoms with Crippen LogP contribution in [-0.2, 0) is 6.61 Å². The highest BCUT2D eigenvalue weighted by Crippen LogP contribution is 2.39. The molecule has 3 rings (SSSR count). The molecule has 6 nitrogen and oxygen atoms in total. The van der Waals surface area contributed by atoms with Gasteiger partial charge in [0.1, 0.15) is 12.4 Å². The van der Waals surface area contributed by atoms with E-state index >= 15 is 0 Å². The molecule has 0 unspecified atom stereocenters. The van der Waals surface area contributed by atoms with Crippen LogP contribution in [0.5, 0.6) is 23.0 Å². The van der Waals surface area contributed by atoms with Crippen molar-refractivity contribution in [3.8, 4) is 23.0 Å². The summed E-state index contributed by atoms with van der Waals surface area (Å²) < 4.78 is 21.7. The summed E-state index contributed by atoms with van der Waals surface area (Å²) in [6, 6.07) is 18.0. The summed E-state index contributed by atoms with van der Waals surface area (Å²) in [7, 11) is 4.51. The minimum Gasteiger partial charge on any atom is -0.493 e. The van der Waals surface area contributed by atoms with Gasteiger partial charge in [-0.3, -0.25) is 4.79 Å². The summed E-state index contributed by atoms with van der Waals surface area (Å²) in [5.74, 6) is 1.56. The maximum absolute atomic E-state index is 13.0. The Hall–Kier alpha value is -3.67. The van der Waals surface area contributed by atoms with Crippen LogP contribution in [0.15, 0.2) is 60.7 Å². The van der Waals surface area contributed by atoms with Gasteiger partial charge in [0, 0.05) is 22.9 Å². The van der Waals surface area contributed by atoms with E-state index in [2.05, 4.69) is 0 Å². The predicted molar refractivity (Wildman–Crippen MR) is 111 cm³/mol. The van der Waals surface area contributed by atoms with E-state index < -0.39 is 0 Å². The molecule has 0 aromatic heterocycles. The second-order valence-corrected chi connectivity index (χ2v) is 6.27. The number of benzene rings is 3. The van der Waals surface area contributed by atoms with Crippen molar-refractivity contribution in [3.05, 3.63) is 77.4 Å². The van der Waals surface area contributed by atoms with Crippen molar-refractivity contribution in [2.24, 2.45) is 0 Å². The topological polar surface area (TPSA) is 80.0 Å². The zero-order valence-electron chi connectivity index (χ0n) is 16.6. The van der Waals surface area contributed by atoms with Gasteiger partial charge < -0.3 is 24.7 Å². The quantitative estimate of drug-likeness (QED) is 0.458. The zero-order chi connectivity index (χ0) is 20.8. The lowest BCUT2D eigenvalue weighted by atomic mass is 10.0. The van der Waals surface area contributed by atoms with E-state index in [9.17, 15) is 4.79 Å². The number of rotatable bonds is 8. The van der Waals surface area contributed by atoms with Crippen LogP contribution in [-0.4, -0.2) is 27.1 Å². The van der Waals surface area contributed by atoms with Crippen LogP contribution in [0.1, 0.15) is 21.5 Å². The van der Waals surface area contributed by atoms with Gasteiger partial charge in [0.2, 0.25) is 5.75 Å². The van der Waals surface area contributed by atoms with Crippen molar-refractivity contribution in [3.63, 3.8) is 0 Å². The first-order valence-corrected chi connectivity index (χ1v) is 8.98. The lowest BCUT2D eigenvalue weighted by Gasteiger charge is -2.14. The number of ether oxygens (including phenoxy) is 4. The van der Waals surface area contributed by atoms with Crippen LogP contribution in [0.2, 0.25) is 0 Å². The number of anilines is 1. The molecule has 0 bridgehead atoms. The molecule has 0 atom stereocenters. The van der Waals surface area contributed by atoms with Crippen LogP contribution >= 0.6 is 0 Å². The van der Waals surface area contributed by atoms with Gasteiger partial charge in [0.15, 0.2) is 17.3 Å². The van der Waals surface area contributed by atoms with E-state index in [0.29, 0.717) is 46.4 Å². The molecule has 3 aromatic carbocycles. The third kappa shape index (κ3) is 4.43. The molecule has 0 aliphatic heterocycles. The first-order valence-electron chi connectivity index (χ1n) is 8.98. The number of hydrogen-bond acceptors (Lipinski definition) is 6. The molecular weight excluding hydrogens is 370 g/mol. The minimum atomic E-state index is -0.253. The highest BCUT2D eigenvalue weighted by molar-refractivity contribution is 6.12. The standard InChI is InChI=1S/C23H23NO5/c1-26-20-11-16(12-21(27-2)23(20)28-3)22(25)18-10-9-17(13-19(18)24)29-14-15-7-5-4-6-8-15/h4-13H,14,24H2,1-3H3. The Kier molecular flexibility index (Phi) is 6.24. The normalized spacial score (nSPS) is 10.3. The number of ketones is 1. The molecule has 0 amide bonds. The van der Waals surface area contributed by atoms with Gasteiger partial charge in [-0.2, -0.15) is 0 Å². The predicted octanol–water partition coefficient (Wildman–Crippen LogP) is 4.10. The molecule has 0 saturated carbocycles. The summed E-state index contributed by atoms with van der Waals surface area (Å²) in [4.78, 5) is 13.0. The highest BCUT2D eigenvalue weighted by Gasteiger charge is 2.19. The van der Waals surface area contributed by atoms with E-state index in [-0.39, 0.29) is 5.78 Å². The van der Waals surface area contributed by atoms with E-state index in [0.717, 1.165) is 5.56 Å². The molecule has 0 radical (unpaired) electrons.